The Morgan fingerprint density at radius 3 is 2.95 bits per heavy atom. The van der Waals surface area contributed by atoms with Crippen LogP contribution in [0.15, 0.2) is 42.5 Å². The van der Waals surface area contributed by atoms with E-state index in [0.717, 1.165) is 12.2 Å². The van der Waals surface area contributed by atoms with Gasteiger partial charge in [0.25, 0.3) is 0 Å². The molecule has 0 spiro atoms. The lowest BCUT2D eigenvalue weighted by Crippen LogP contribution is -2.20. The van der Waals surface area contributed by atoms with E-state index in [0.29, 0.717) is 24.5 Å². The number of hydrogen-bond acceptors (Lipinski definition) is 3. The minimum absolute atomic E-state index is 0.261. The first-order valence-corrected chi connectivity index (χ1v) is 7.11. The summed E-state index contributed by atoms with van der Waals surface area (Å²) in [5.74, 6) is 1.57. The predicted octanol–water partition coefficient (Wildman–Crippen LogP) is 3.23. The molecule has 0 saturated heterocycles. The lowest BCUT2D eigenvalue weighted by atomic mass is 9.94. The predicted molar refractivity (Wildman–Crippen MR) is 79.1 cm³/mol. The highest BCUT2D eigenvalue weighted by Crippen LogP contribution is 2.34. The van der Waals surface area contributed by atoms with Crippen molar-refractivity contribution in [3.8, 4) is 11.5 Å². The normalized spacial score (nSPS) is 17.0. The van der Waals surface area contributed by atoms with E-state index >= 15 is 0 Å². The van der Waals surface area contributed by atoms with Crippen LogP contribution in [-0.2, 0) is 6.54 Å². The highest BCUT2D eigenvalue weighted by Gasteiger charge is 2.21. The maximum Gasteiger partial charge on any atom is 0.124 e. The van der Waals surface area contributed by atoms with Crippen LogP contribution < -0.4 is 15.2 Å². The molecule has 3 nitrogen and oxygen atoms in total. The molecule has 21 heavy (non-hydrogen) atoms. The number of para-hydroxylation sites is 1. The zero-order valence-electron chi connectivity index (χ0n) is 11.7. The molecule has 1 aliphatic heterocycles. The number of hydrogen-bond donors (Lipinski definition) is 1. The summed E-state index contributed by atoms with van der Waals surface area (Å²) in [5.41, 5.74) is 7.50. The quantitative estimate of drug-likeness (QED) is 0.939. The summed E-state index contributed by atoms with van der Waals surface area (Å²) in [6.07, 6.45) is 0.913. The molecule has 3 rings (SSSR count). The van der Waals surface area contributed by atoms with Crippen molar-refractivity contribution in [3.63, 3.8) is 0 Å². The van der Waals surface area contributed by atoms with Crippen LogP contribution in [0.2, 0.25) is 0 Å². The third-order valence-corrected chi connectivity index (χ3v) is 3.77. The van der Waals surface area contributed by atoms with Crippen LogP contribution in [0.25, 0.3) is 0 Å². The van der Waals surface area contributed by atoms with Crippen molar-refractivity contribution in [1.29, 1.82) is 0 Å². The van der Waals surface area contributed by atoms with E-state index in [9.17, 15) is 4.39 Å². The summed E-state index contributed by atoms with van der Waals surface area (Å²) >= 11 is 0. The molecular formula is C17H18FNO2. The molecule has 0 amide bonds. The molecule has 1 heterocycles. The van der Waals surface area contributed by atoms with Crippen molar-refractivity contribution in [2.75, 3.05) is 13.2 Å². The highest BCUT2D eigenvalue weighted by atomic mass is 19.1. The summed E-state index contributed by atoms with van der Waals surface area (Å²) in [5, 5.41) is 0. The van der Waals surface area contributed by atoms with Gasteiger partial charge in [-0.2, -0.15) is 0 Å². The van der Waals surface area contributed by atoms with E-state index in [-0.39, 0.29) is 18.3 Å². The van der Waals surface area contributed by atoms with Gasteiger partial charge in [0, 0.05) is 23.6 Å². The van der Waals surface area contributed by atoms with Gasteiger partial charge in [0.2, 0.25) is 0 Å². The Labute approximate surface area is 123 Å². The second-order valence-corrected chi connectivity index (χ2v) is 5.14. The maximum atomic E-state index is 13.2. The van der Waals surface area contributed by atoms with Gasteiger partial charge in [-0.3, -0.25) is 0 Å². The standard InChI is InChI=1S/C17H18FNO2/c18-14-5-6-16(13(9-14)10-19)21-11-12-7-8-20-17-4-2-1-3-15(12)17/h1-6,9,12H,7-8,10-11,19H2. The van der Waals surface area contributed by atoms with Crippen LogP contribution in [0.1, 0.15) is 23.5 Å². The van der Waals surface area contributed by atoms with Gasteiger partial charge in [-0.05, 0) is 30.7 Å². The smallest absolute Gasteiger partial charge is 0.124 e. The molecule has 0 aliphatic carbocycles. The van der Waals surface area contributed by atoms with Gasteiger partial charge in [0.15, 0.2) is 0 Å². The van der Waals surface area contributed by atoms with Gasteiger partial charge >= 0.3 is 0 Å². The van der Waals surface area contributed by atoms with E-state index in [1.807, 2.05) is 18.2 Å². The highest BCUT2D eigenvalue weighted by molar-refractivity contribution is 5.38. The van der Waals surface area contributed by atoms with Gasteiger partial charge in [-0.1, -0.05) is 18.2 Å². The van der Waals surface area contributed by atoms with Crippen LogP contribution in [0.5, 0.6) is 11.5 Å². The lowest BCUT2D eigenvalue weighted by molar-refractivity contribution is 0.216. The molecule has 2 N–H and O–H groups in total. The van der Waals surface area contributed by atoms with Crippen molar-refractivity contribution >= 4 is 0 Å². The van der Waals surface area contributed by atoms with Gasteiger partial charge in [-0.15, -0.1) is 0 Å². The summed E-state index contributed by atoms with van der Waals surface area (Å²) in [4.78, 5) is 0. The Morgan fingerprint density at radius 2 is 2.10 bits per heavy atom. The molecule has 0 fully saturated rings. The first kappa shape index (κ1) is 13.9. The average molecular weight is 287 g/mol. The summed E-state index contributed by atoms with van der Waals surface area (Å²) < 4.78 is 24.7. The fourth-order valence-corrected chi connectivity index (χ4v) is 2.63. The van der Waals surface area contributed by atoms with E-state index in [1.54, 1.807) is 6.07 Å². The lowest BCUT2D eigenvalue weighted by Gasteiger charge is -2.26. The Bertz CT molecular complexity index is 630. The van der Waals surface area contributed by atoms with Crippen LogP contribution in [-0.4, -0.2) is 13.2 Å². The molecule has 0 radical (unpaired) electrons. The Morgan fingerprint density at radius 1 is 1.24 bits per heavy atom. The number of benzene rings is 2. The molecule has 1 aliphatic rings. The molecule has 0 bridgehead atoms. The average Bonchev–Trinajstić information content (AvgIpc) is 2.53. The first-order chi connectivity index (χ1) is 10.3. The molecule has 2 aromatic carbocycles. The van der Waals surface area contributed by atoms with Crippen molar-refractivity contribution in [2.24, 2.45) is 5.73 Å². The minimum Gasteiger partial charge on any atom is -0.493 e. The van der Waals surface area contributed by atoms with E-state index in [1.165, 1.54) is 17.7 Å². The molecule has 4 heteroatoms. The summed E-state index contributed by atoms with van der Waals surface area (Å²) in [6.45, 7) is 1.49. The van der Waals surface area contributed by atoms with E-state index in [4.69, 9.17) is 15.2 Å². The summed E-state index contributed by atoms with van der Waals surface area (Å²) in [7, 11) is 0. The molecular weight excluding hydrogens is 269 g/mol. The molecule has 1 atom stereocenters. The number of ether oxygens (including phenoxy) is 2. The van der Waals surface area contributed by atoms with Crippen LogP contribution in [0.3, 0.4) is 0 Å². The summed E-state index contributed by atoms with van der Waals surface area (Å²) in [6, 6.07) is 12.5. The van der Waals surface area contributed by atoms with Gasteiger partial charge in [0.05, 0.1) is 13.2 Å². The molecule has 1 unspecified atom stereocenters. The second-order valence-electron chi connectivity index (χ2n) is 5.14. The maximum absolute atomic E-state index is 13.2. The number of halogens is 1. The molecule has 0 saturated carbocycles. The van der Waals surface area contributed by atoms with Crippen molar-refractivity contribution in [3.05, 3.63) is 59.4 Å². The zero-order chi connectivity index (χ0) is 14.7. The van der Waals surface area contributed by atoms with Crippen LogP contribution in [0.4, 0.5) is 4.39 Å². The third kappa shape index (κ3) is 3.00. The third-order valence-electron chi connectivity index (χ3n) is 3.77. The largest absolute Gasteiger partial charge is 0.493 e. The van der Waals surface area contributed by atoms with Crippen molar-refractivity contribution < 1.29 is 13.9 Å². The SMILES string of the molecule is NCc1cc(F)ccc1OCC1CCOc2ccccc21. The first-order valence-electron chi connectivity index (χ1n) is 7.11. The van der Waals surface area contributed by atoms with Crippen LogP contribution in [0, 0.1) is 5.82 Å². The Kier molecular flexibility index (Phi) is 4.06. The van der Waals surface area contributed by atoms with Gasteiger partial charge in [-0.25, -0.2) is 4.39 Å². The van der Waals surface area contributed by atoms with Gasteiger partial charge < -0.3 is 15.2 Å². The fourth-order valence-electron chi connectivity index (χ4n) is 2.63. The van der Waals surface area contributed by atoms with Gasteiger partial charge in [0.1, 0.15) is 17.3 Å². The van der Waals surface area contributed by atoms with Crippen molar-refractivity contribution in [1.82, 2.24) is 0 Å². The molecule has 2 aromatic rings. The topological polar surface area (TPSA) is 44.5 Å². The zero-order valence-corrected chi connectivity index (χ0v) is 11.7. The second kappa shape index (κ2) is 6.14. The number of fused-ring (bicyclic) bond motifs is 1. The number of nitrogens with two attached hydrogens (primary N) is 1. The van der Waals surface area contributed by atoms with E-state index in [2.05, 4.69) is 6.07 Å². The monoisotopic (exact) mass is 287 g/mol. The van der Waals surface area contributed by atoms with Crippen molar-refractivity contribution in [2.45, 2.75) is 18.9 Å². The molecule has 0 aromatic heterocycles. The minimum atomic E-state index is -0.292. The Balaban J connectivity index is 1.74. The molecule has 110 valence electrons. The van der Waals surface area contributed by atoms with Crippen LogP contribution >= 0.6 is 0 Å². The number of rotatable bonds is 4. The Hall–Kier alpha value is -2.07. The fraction of sp³-hybridized carbons (Fsp3) is 0.294. The van der Waals surface area contributed by atoms with E-state index < -0.39 is 0 Å².